The molecule has 0 unspecified atom stereocenters. The first-order chi connectivity index (χ1) is 11.8. The van der Waals surface area contributed by atoms with Crippen LogP contribution in [-0.2, 0) is 0 Å². The molecule has 1 N–H and O–H groups in total. The molecular formula is C19H18N4S. The maximum atomic E-state index is 5.04. The third kappa shape index (κ3) is 2.08. The average molecular weight is 334 g/mol. The molecule has 1 saturated heterocycles. The summed E-state index contributed by atoms with van der Waals surface area (Å²) < 4.78 is 0. The summed E-state index contributed by atoms with van der Waals surface area (Å²) >= 11 is 1.88. The van der Waals surface area contributed by atoms with Gasteiger partial charge in [-0.15, -0.1) is 0 Å². The summed E-state index contributed by atoms with van der Waals surface area (Å²) in [6, 6.07) is 14.9. The van der Waals surface area contributed by atoms with Crippen LogP contribution in [0.15, 0.2) is 59.9 Å². The Morgan fingerprint density at radius 3 is 2.92 bits per heavy atom. The van der Waals surface area contributed by atoms with Crippen molar-refractivity contribution in [3.63, 3.8) is 0 Å². The zero-order valence-electron chi connectivity index (χ0n) is 13.4. The van der Waals surface area contributed by atoms with E-state index >= 15 is 0 Å². The third-order valence-electron chi connectivity index (χ3n) is 4.82. The number of nitrogens with one attached hydrogen (secondary N) is 1. The molecule has 5 heteroatoms. The zero-order chi connectivity index (χ0) is 16.1. The number of H-pyrrole nitrogens is 1. The predicted octanol–water partition coefficient (Wildman–Crippen LogP) is 4.15. The molecule has 0 saturated carbocycles. The number of aromatic amines is 1. The smallest absolute Gasteiger partial charge is 0.160 e. The highest BCUT2D eigenvalue weighted by atomic mass is 32.2. The van der Waals surface area contributed by atoms with Gasteiger partial charge >= 0.3 is 0 Å². The van der Waals surface area contributed by atoms with Crippen molar-refractivity contribution in [1.29, 1.82) is 0 Å². The molecule has 1 aromatic carbocycles. The van der Waals surface area contributed by atoms with Gasteiger partial charge in [0.25, 0.3) is 0 Å². The van der Waals surface area contributed by atoms with Gasteiger partial charge in [0.05, 0.1) is 11.7 Å². The van der Waals surface area contributed by atoms with E-state index in [1.165, 1.54) is 16.5 Å². The molecule has 4 heterocycles. The van der Waals surface area contributed by atoms with Crippen molar-refractivity contribution in [2.75, 3.05) is 6.54 Å². The van der Waals surface area contributed by atoms with Crippen LogP contribution in [0, 0.1) is 0 Å². The number of hydrogen-bond donors (Lipinski definition) is 1. The number of benzene rings is 1. The van der Waals surface area contributed by atoms with Crippen LogP contribution in [0.3, 0.4) is 0 Å². The van der Waals surface area contributed by atoms with E-state index in [0.29, 0.717) is 5.25 Å². The lowest BCUT2D eigenvalue weighted by Gasteiger charge is -2.26. The quantitative estimate of drug-likeness (QED) is 0.765. The number of thioether (sulfide) groups is 1. The predicted molar refractivity (Wildman–Crippen MR) is 99.2 cm³/mol. The van der Waals surface area contributed by atoms with Crippen molar-refractivity contribution >= 4 is 27.8 Å². The Bertz CT molecular complexity index is 917. The third-order valence-corrected chi connectivity index (χ3v) is 5.92. The number of pyridine rings is 1. The molecule has 1 fully saturated rings. The number of hydrogen-bond acceptors (Lipinski definition) is 4. The fraction of sp³-hybridized carbons (Fsp3) is 0.263. The van der Waals surface area contributed by atoms with E-state index < -0.39 is 0 Å². The van der Waals surface area contributed by atoms with E-state index in [2.05, 4.69) is 58.3 Å². The van der Waals surface area contributed by atoms with E-state index in [4.69, 9.17) is 4.99 Å². The Hall–Kier alpha value is -2.27. The number of aromatic nitrogens is 2. The van der Waals surface area contributed by atoms with Crippen LogP contribution in [-0.4, -0.2) is 31.8 Å². The molecule has 0 radical (unpaired) electrons. The lowest BCUT2D eigenvalue weighted by atomic mass is 9.96. The van der Waals surface area contributed by atoms with Crippen LogP contribution in [0.2, 0.25) is 0 Å². The van der Waals surface area contributed by atoms with Crippen molar-refractivity contribution < 1.29 is 0 Å². The number of rotatable bonds is 2. The molecule has 4 nitrogen and oxygen atoms in total. The summed E-state index contributed by atoms with van der Waals surface area (Å²) in [6.07, 6.45) is 4.01. The monoisotopic (exact) mass is 334 g/mol. The highest BCUT2D eigenvalue weighted by Gasteiger charge is 2.44. The van der Waals surface area contributed by atoms with Crippen LogP contribution < -0.4 is 0 Å². The fourth-order valence-electron chi connectivity index (χ4n) is 3.79. The van der Waals surface area contributed by atoms with Gasteiger partial charge in [-0.1, -0.05) is 43.0 Å². The number of amidine groups is 1. The second-order valence-electron chi connectivity index (χ2n) is 6.43. The second kappa shape index (κ2) is 5.38. The summed E-state index contributed by atoms with van der Waals surface area (Å²) in [6.45, 7) is 3.31. The van der Waals surface area contributed by atoms with Crippen LogP contribution in [0.25, 0.3) is 10.9 Å². The van der Waals surface area contributed by atoms with Crippen molar-refractivity contribution in [1.82, 2.24) is 14.9 Å². The van der Waals surface area contributed by atoms with Gasteiger partial charge in [0.1, 0.15) is 6.04 Å². The number of nitrogens with zero attached hydrogens (tertiary/aromatic N) is 3. The molecule has 2 aromatic heterocycles. The Morgan fingerprint density at radius 1 is 1.17 bits per heavy atom. The molecule has 120 valence electrons. The fourth-order valence-corrected chi connectivity index (χ4v) is 4.89. The lowest BCUT2D eigenvalue weighted by molar-refractivity contribution is 0.323. The normalized spacial score (nSPS) is 26.0. The minimum absolute atomic E-state index is 0.0559. The molecule has 0 aliphatic carbocycles. The summed E-state index contributed by atoms with van der Waals surface area (Å²) in [5.74, 6) is 0. The van der Waals surface area contributed by atoms with Crippen LogP contribution >= 0.6 is 11.8 Å². The van der Waals surface area contributed by atoms with Gasteiger partial charge < -0.3 is 9.88 Å². The van der Waals surface area contributed by atoms with Crippen molar-refractivity contribution in [3.05, 3.63) is 66.1 Å². The summed E-state index contributed by atoms with van der Waals surface area (Å²) in [5.41, 5.74) is 3.54. The highest BCUT2D eigenvalue weighted by molar-refractivity contribution is 8.14. The number of fused-ring (bicyclic) bond motifs is 2. The maximum Gasteiger partial charge on any atom is 0.160 e. The Kier molecular flexibility index (Phi) is 3.16. The lowest BCUT2D eigenvalue weighted by Crippen LogP contribution is -2.28. The van der Waals surface area contributed by atoms with Gasteiger partial charge in [-0.3, -0.25) is 9.98 Å². The largest absolute Gasteiger partial charge is 0.361 e. The topological polar surface area (TPSA) is 44.3 Å². The minimum atomic E-state index is 0.0559. The molecule has 3 aromatic rings. The van der Waals surface area contributed by atoms with Gasteiger partial charge in [-0.05, 0) is 18.2 Å². The first-order valence-electron chi connectivity index (χ1n) is 8.29. The van der Waals surface area contributed by atoms with Gasteiger partial charge in [-0.2, -0.15) is 0 Å². The van der Waals surface area contributed by atoms with E-state index in [1.54, 1.807) is 0 Å². The Balaban J connectivity index is 1.66. The first kappa shape index (κ1) is 14.1. The second-order valence-corrected chi connectivity index (χ2v) is 7.83. The standard InChI is InChI=1S/C19H18N4S/c1-12-11-23-18(14-10-21-15-7-3-2-6-13(14)15)17(22-19(23)24-12)16-8-4-5-9-20-16/h2-10,12,17-18,21H,11H2,1H3/t12-,17+,18+/m1/s1. The molecule has 2 aliphatic rings. The van der Waals surface area contributed by atoms with Gasteiger partial charge in [0.2, 0.25) is 0 Å². The van der Waals surface area contributed by atoms with Crippen molar-refractivity contribution in [3.8, 4) is 0 Å². The minimum Gasteiger partial charge on any atom is -0.361 e. The van der Waals surface area contributed by atoms with E-state index in [-0.39, 0.29) is 12.1 Å². The van der Waals surface area contributed by atoms with Gasteiger partial charge in [0, 0.05) is 40.7 Å². The molecule has 0 bridgehead atoms. The molecule has 5 rings (SSSR count). The summed E-state index contributed by atoms with van der Waals surface area (Å²) in [4.78, 5) is 15.5. The molecular weight excluding hydrogens is 316 g/mol. The van der Waals surface area contributed by atoms with Crippen molar-refractivity contribution in [2.24, 2.45) is 4.99 Å². The van der Waals surface area contributed by atoms with Gasteiger partial charge in [0.15, 0.2) is 5.17 Å². The van der Waals surface area contributed by atoms with E-state index in [0.717, 1.165) is 17.4 Å². The van der Waals surface area contributed by atoms with Crippen LogP contribution in [0.1, 0.15) is 30.3 Å². The first-order valence-corrected chi connectivity index (χ1v) is 9.17. The molecule has 0 amide bonds. The number of aliphatic imine (C=N–C) groups is 1. The maximum absolute atomic E-state index is 5.04. The zero-order valence-corrected chi connectivity index (χ0v) is 14.2. The molecule has 24 heavy (non-hydrogen) atoms. The highest BCUT2D eigenvalue weighted by Crippen LogP contribution is 2.48. The van der Waals surface area contributed by atoms with Crippen LogP contribution in [0.5, 0.6) is 0 Å². The SMILES string of the molecule is C[C@@H]1CN2C(=N[C@@H](c3ccccn3)[C@@H]2c2c[nH]c3ccccc23)S1. The Morgan fingerprint density at radius 2 is 2.04 bits per heavy atom. The molecule has 0 spiro atoms. The van der Waals surface area contributed by atoms with Gasteiger partial charge in [-0.25, -0.2) is 0 Å². The summed E-state index contributed by atoms with van der Waals surface area (Å²) in [7, 11) is 0. The number of para-hydroxylation sites is 1. The average Bonchev–Trinajstić information content (AvgIpc) is 3.27. The van der Waals surface area contributed by atoms with Crippen molar-refractivity contribution in [2.45, 2.75) is 24.3 Å². The van der Waals surface area contributed by atoms with Crippen LogP contribution in [0.4, 0.5) is 0 Å². The van der Waals surface area contributed by atoms with E-state index in [9.17, 15) is 0 Å². The Labute approximate surface area is 145 Å². The summed E-state index contributed by atoms with van der Waals surface area (Å²) in [5, 5.41) is 3.03. The molecule has 2 aliphatic heterocycles. The van der Waals surface area contributed by atoms with E-state index in [1.807, 2.05) is 30.1 Å². The molecule has 3 atom stereocenters.